The summed E-state index contributed by atoms with van der Waals surface area (Å²) in [7, 11) is -4.47. The van der Waals surface area contributed by atoms with E-state index >= 15 is 0 Å². The quantitative estimate of drug-likeness (QED) is 0.778. The number of benzene rings is 1. The summed E-state index contributed by atoms with van der Waals surface area (Å²) in [5.41, 5.74) is 2.18. The van der Waals surface area contributed by atoms with Gasteiger partial charge in [-0.3, -0.25) is 0 Å². The molecule has 0 aliphatic rings. The molecule has 0 atom stereocenters. The molecule has 0 aromatic heterocycles. The van der Waals surface area contributed by atoms with Gasteiger partial charge in [0.1, 0.15) is 7.14 Å². The number of rotatable bonds is 4. The summed E-state index contributed by atoms with van der Waals surface area (Å²) in [5, 5.41) is 0.901. The van der Waals surface area contributed by atoms with Crippen LogP contribution in [0, 0.1) is 0 Å². The lowest BCUT2D eigenvalue weighted by molar-refractivity contribution is 0.582. The Morgan fingerprint density at radius 2 is 1.61 bits per heavy atom. The first kappa shape index (κ1) is 15.7. The fourth-order valence-corrected chi connectivity index (χ4v) is 4.51. The fourth-order valence-electron chi connectivity index (χ4n) is 1.99. The van der Waals surface area contributed by atoms with E-state index < -0.39 is 14.3 Å². The summed E-state index contributed by atoms with van der Waals surface area (Å²) in [5.74, 6) is 0.416. The van der Waals surface area contributed by atoms with Crippen LogP contribution in [-0.4, -0.2) is 26.7 Å². The van der Waals surface area contributed by atoms with Gasteiger partial charge in [0, 0.05) is 11.5 Å². The van der Waals surface area contributed by atoms with Crippen LogP contribution in [0.3, 0.4) is 0 Å². The third-order valence-electron chi connectivity index (χ3n) is 2.91. The van der Waals surface area contributed by atoms with E-state index in [2.05, 4.69) is 19.9 Å². The van der Waals surface area contributed by atoms with Crippen molar-refractivity contribution in [2.45, 2.75) is 25.9 Å². The van der Waals surface area contributed by atoms with Crippen molar-refractivity contribution in [3.63, 3.8) is 0 Å². The zero-order valence-electron chi connectivity index (χ0n) is 12.2. The zero-order valence-corrected chi connectivity index (χ0v) is 14.0. The summed E-state index contributed by atoms with van der Waals surface area (Å²) in [6.45, 7) is 11.4. The highest BCUT2D eigenvalue weighted by Gasteiger charge is 2.20. The van der Waals surface area contributed by atoms with Crippen LogP contribution in [0.5, 0.6) is 0 Å². The summed E-state index contributed by atoms with van der Waals surface area (Å²) in [6, 6.07) is 6.11. The van der Waals surface area contributed by atoms with Crippen molar-refractivity contribution in [1.29, 1.82) is 0 Å². The maximum atomic E-state index is 12.4. The molecule has 1 rings (SSSR count). The van der Waals surface area contributed by atoms with Crippen molar-refractivity contribution in [2.75, 3.05) is 26.7 Å². The average Bonchev–Trinajstić information content (AvgIpc) is 2.13. The van der Waals surface area contributed by atoms with Crippen molar-refractivity contribution in [3.05, 3.63) is 29.3 Å². The van der Waals surface area contributed by atoms with Gasteiger partial charge in [0.15, 0.2) is 0 Å². The Labute approximate surface area is 111 Å². The van der Waals surface area contributed by atoms with Crippen molar-refractivity contribution in [1.82, 2.24) is 0 Å². The van der Waals surface area contributed by atoms with Crippen LogP contribution in [0.25, 0.3) is 0 Å². The molecule has 0 spiro atoms. The SMILES string of the molecule is CC(C)c1ccc(CP(C)(C)=O)c(P(C)(C)=O)c1. The normalized spacial score (nSPS) is 13.1. The van der Waals surface area contributed by atoms with Gasteiger partial charge in [-0.1, -0.05) is 26.0 Å². The lowest BCUT2D eigenvalue weighted by atomic mass is 10.0. The van der Waals surface area contributed by atoms with Gasteiger partial charge in [-0.15, -0.1) is 0 Å². The molecule has 0 aliphatic heterocycles. The van der Waals surface area contributed by atoms with Gasteiger partial charge in [0.05, 0.1) is 7.14 Å². The summed E-state index contributed by atoms with van der Waals surface area (Å²) in [4.78, 5) is 0. The first-order valence-electron chi connectivity index (χ1n) is 6.23. The first-order chi connectivity index (χ1) is 8.00. The monoisotopic (exact) mass is 286 g/mol. The third kappa shape index (κ3) is 4.41. The van der Waals surface area contributed by atoms with Crippen molar-refractivity contribution in [3.8, 4) is 0 Å². The highest BCUT2D eigenvalue weighted by Crippen LogP contribution is 2.44. The van der Waals surface area contributed by atoms with Crippen molar-refractivity contribution < 1.29 is 9.13 Å². The predicted molar refractivity (Wildman–Crippen MR) is 82.8 cm³/mol. The molecule has 18 heavy (non-hydrogen) atoms. The summed E-state index contributed by atoms with van der Waals surface area (Å²) in [6.07, 6.45) is 0.534. The van der Waals surface area contributed by atoms with E-state index in [1.165, 1.54) is 5.56 Å². The molecule has 0 heterocycles. The Morgan fingerprint density at radius 1 is 1.06 bits per heavy atom. The molecule has 0 radical (unpaired) electrons. The Kier molecular flexibility index (Phi) is 4.68. The van der Waals surface area contributed by atoms with Crippen LogP contribution in [0.1, 0.15) is 30.9 Å². The third-order valence-corrected chi connectivity index (χ3v) is 5.59. The molecule has 2 nitrogen and oxygen atoms in total. The molecule has 1 aromatic carbocycles. The molecule has 4 heteroatoms. The van der Waals surface area contributed by atoms with E-state index in [1.807, 2.05) is 12.1 Å². The average molecular weight is 286 g/mol. The molecule has 0 N–H and O–H groups in total. The Balaban J connectivity index is 3.35. The van der Waals surface area contributed by atoms with Gasteiger partial charge < -0.3 is 9.13 Å². The molecule has 1 aromatic rings. The molecule has 0 unspecified atom stereocenters. The van der Waals surface area contributed by atoms with Crippen LogP contribution in [0.2, 0.25) is 0 Å². The molecule has 0 saturated heterocycles. The van der Waals surface area contributed by atoms with Crippen LogP contribution >= 0.6 is 14.3 Å². The van der Waals surface area contributed by atoms with Crippen molar-refractivity contribution in [2.24, 2.45) is 0 Å². The molecule has 0 bridgehead atoms. The van der Waals surface area contributed by atoms with E-state index in [1.54, 1.807) is 26.7 Å². The smallest absolute Gasteiger partial charge is 0.110 e. The highest BCUT2D eigenvalue weighted by molar-refractivity contribution is 7.70. The zero-order chi connectivity index (χ0) is 14.1. The van der Waals surface area contributed by atoms with Crippen molar-refractivity contribution >= 4 is 19.6 Å². The molecule has 102 valence electrons. The minimum absolute atomic E-state index is 0.416. The van der Waals surface area contributed by atoms with Gasteiger partial charge in [-0.25, -0.2) is 0 Å². The number of hydrogen-bond donors (Lipinski definition) is 0. The summed E-state index contributed by atoms with van der Waals surface area (Å²) >= 11 is 0. The second-order valence-corrected chi connectivity index (χ2v) is 12.8. The van der Waals surface area contributed by atoms with Crippen LogP contribution in [0.15, 0.2) is 18.2 Å². The molecule has 0 aliphatic carbocycles. The molecular weight excluding hydrogens is 262 g/mol. The minimum Gasteiger partial charge on any atom is -0.324 e. The largest absolute Gasteiger partial charge is 0.324 e. The van der Waals surface area contributed by atoms with E-state index in [0.29, 0.717) is 12.1 Å². The fraction of sp³-hybridized carbons (Fsp3) is 0.571. The van der Waals surface area contributed by atoms with Gasteiger partial charge in [-0.05, 0) is 49.8 Å². The van der Waals surface area contributed by atoms with Gasteiger partial charge in [0.2, 0.25) is 0 Å². The van der Waals surface area contributed by atoms with Gasteiger partial charge >= 0.3 is 0 Å². The molecule has 0 fully saturated rings. The second kappa shape index (κ2) is 5.35. The van der Waals surface area contributed by atoms with Crippen LogP contribution in [-0.2, 0) is 15.3 Å². The molecular formula is C14H24O2P2. The van der Waals surface area contributed by atoms with Gasteiger partial charge in [-0.2, -0.15) is 0 Å². The Hall–Kier alpha value is -0.320. The van der Waals surface area contributed by atoms with E-state index in [4.69, 9.17) is 0 Å². The second-order valence-electron chi connectivity index (χ2n) is 6.13. The van der Waals surface area contributed by atoms with E-state index in [0.717, 1.165) is 10.9 Å². The topological polar surface area (TPSA) is 34.1 Å². The standard InChI is InChI=1S/C14H24O2P2/c1-11(2)12-7-8-13(10-17(3,4)15)14(9-12)18(5,6)16/h7-9,11H,10H2,1-6H3. The summed E-state index contributed by atoms with van der Waals surface area (Å²) < 4.78 is 24.4. The maximum Gasteiger partial charge on any atom is 0.110 e. The van der Waals surface area contributed by atoms with E-state index in [9.17, 15) is 9.13 Å². The lowest BCUT2D eigenvalue weighted by Gasteiger charge is -2.18. The minimum atomic E-state index is -2.33. The number of hydrogen-bond acceptors (Lipinski definition) is 2. The van der Waals surface area contributed by atoms with Crippen LogP contribution < -0.4 is 5.30 Å². The first-order valence-corrected chi connectivity index (χ1v) is 11.6. The lowest BCUT2D eigenvalue weighted by Crippen LogP contribution is -2.12. The molecule has 0 saturated carbocycles. The predicted octanol–water partition coefficient (Wildman–Crippen LogP) is 4.18. The Bertz CT molecular complexity index is 521. The van der Waals surface area contributed by atoms with Crippen LogP contribution in [0.4, 0.5) is 0 Å². The van der Waals surface area contributed by atoms with E-state index in [-0.39, 0.29) is 0 Å². The van der Waals surface area contributed by atoms with Gasteiger partial charge in [0.25, 0.3) is 0 Å². The maximum absolute atomic E-state index is 12.4. The molecule has 0 amide bonds. The Morgan fingerprint density at radius 3 is 2.00 bits per heavy atom. The highest BCUT2D eigenvalue weighted by atomic mass is 31.2.